The van der Waals surface area contributed by atoms with Crippen LogP contribution >= 0.6 is 0 Å². The van der Waals surface area contributed by atoms with Crippen LogP contribution in [0.5, 0.6) is 0 Å². The molecule has 0 spiro atoms. The summed E-state index contributed by atoms with van der Waals surface area (Å²) in [6, 6.07) is -0.820. The lowest BCUT2D eigenvalue weighted by Crippen LogP contribution is -2.50. The summed E-state index contributed by atoms with van der Waals surface area (Å²) in [5.74, 6) is -0.150. The summed E-state index contributed by atoms with van der Waals surface area (Å²) in [7, 11) is 0. The summed E-state index contributed by atoms with van der Waals surface area (Å²) < 4.78 is 0. The van der Waals surface area contributed by atoms with E-state index in [0.29, 0.717) is 12.8 Å². The van der Waals surface area contributed by atoms with Gasteiger partial charge in [0.2, 0.25) is 5.91 Å². The second-order valence-corrected chi connectivity index (χ2v) is 16.0. The number of aliphatic hydroxyl groups is 3. The molecule has 0 bridgehead atoms. The predicted molar refractivity (Wildman–Crippen MR) is 222 cm³/mol. The van der Waals surface area contributed by atoms with Crippen molar-refractivity contribution in [3.63, 3.8) is 0 Å². The molecular weight excluding hydrogens is 631 g/mol. The average Bonchev–Trinajstić information content (AvgIpc) is 3.13. The lowest BCUT2D eigenvalue weighted by molar-refractivity contribution is -0.124. The van der Waals surface area contributed by atoms with Crippen LogP contribution in [0.4, 0.5) is 0 Å². The molecule has 1 amide bonds. The molecule has 304 valence electrons. The van der Waals surface area contributed by atoms with E-state index in [1.165, 1.54) is 186 Å². The fourth-order valence-electron chi connectivity index (χ4n) is 7.28. The molecule has 0 aromatic heterocycles. The summed E-state index contributed by atoms with van der Waals surface area (Å²) >= 11 is 0. The third-order valence-electron chi connectivity index (χ3n) is 10.9. The normalized spacial score (nSPS) is 13.6. The first-order chi connectivity index (χ1) is 25.1. The average molecular weight is 722 g/mol. The number of hydrogen-bond donors (Lipinski definition) is 4. The van der Waals surface area contributed by atoms with Crippen LogP contribution in [0.2, 0.25) is 0 Å². The number of aliphatic hydroxyl groups excluding tert-OH is 3. The van der Waals surface area contributed by atoms with Crippen LogP contribution in [0.3, 0.4) is 0 Å². The van der Waals surface area contributed by atoms with Crippen LogP contribution in [-0.2, 0) is 4.79 Å². The van der Waals surface area contributed by atoms with E-state index in [1.54, 1.807) is 0 Å². The number of carbonyl (C=O) groups is 1. The Morgan fingerprint density at radius 3 is 1.14 bits per heavy atom. The number of rotatable bonds is 42. The molecule has 0 aliphatic heterocycles. The number of allylic oxidation sites excluding steroid dienone is 2. The first-order valence-corrected chi connectivity index (χ1v) is 23.0. The van der Waals surface area contributed by atoms with Crippen molar-refractivity contribution in [2.24, 2.45) is 0 Å². The molecule has 0 fully saturated rings. The van der Waals surface area contributed by atoms with Crippen molar-refractivity contribution in [2.45, 2.75) is 270 Å². The van der Waals surface area contributed by atoms with Crippen molar-refractivity contribution >= 4 is 5.91 Å². The number of hydrogen-bond acceptors (Lipinski definition) is 4. The maximum absolute atomic E-state index is 12.4. The molecule has 5 nitrogen and oxygen atoms in total. The quantitative estimate of drug-likeness (QED) is 0.0373. The zero-order valence-electron chi connectivity index (χ0n) is 34.5. The summed E-state index contributed by atoms with van der Waals surface area (Å²) in [4.78, 5) is 12.4. The Hall–Kier alpha value is -0.910. The Bertz CT molecular complexity index is 713. The van der Waals surface area contributed by atoms with Gasteiger partial charge in [0.05, 0.1) is 18.8 Å². The highest BCUT2D eigenvalue weighted by atomic mass is 16.3. The lowest BCUT2D eigenvalue weighted by atomic mass is 10.0. The van der Waals surface area contributed by atoms with E-state index in [0.717, 1.165) is 38.5 Å². The molecule has 0 aliphatic rings. The summed E-state index contributed by atoms with van der Waals surface area (Å²) in [5.41, 5.74) is 0. The zero-order valence-corrected chi connectivity index (χ0v) is 34.5. The van der Waals surface area contributed by atoms with Crippen LogP contribution in [0.15, 0.2) is 12.2 Å². The van der Waals surface area contributed by atoms with Crippen molar-refractivity contribution < 1.29 is 20.1 Å². The first kappa shape index (κ1) is 50.1. The molecular formula is C46H91NO4. The Labute approximate surface area is 319 Å². The van der Waals surface area contributed by atoms with Gasteiger partial charge in [0.25, 0.3) is 0 Å². The van der Waals surface area contributed by atoms with E-state index >= 15 is 0 Å². The molecule has 0 aromatic rings. The number of nitrogens with one attached hydrogen (secondary N) is 1. The van der Waals surface area contributed by atoms with Gasteiger partial charge in [0.1, 0.15) is 6.10 Å². The van der Waals surface area contributed by atoms with Gasteiger partial charge in [-0.3, -0.25) is 4.79 Å². The third-order valence-corrected chi connectivity index (χ3v) is 10.9. The van der Waals surface area contributed by atoms with Gasteiger partial charge < -0.3 is 20.6 Å². The molecule has 0 rings (SSSR count). The molecule has 0 saturated carbocycles. The highest BCUT2D eigenvalue weighted by Gasteiger charge is 2.26. The molecule has 4 N–H and O–H groups in total. The molecule has 0 heterocycles. The van der Waals surface area contributed by atoms with Crippen LogP contribution in [0.1, 0.15) is 251 Å². The van der Waals surface area contributed by atoms with E-state index in [4.69, 9.17) is 0 Å². The minimum atomic E-state index is -1.15. The molecule has 0 radical (unpaired) electrons. The first-order valence-electron chi connectivity index (χ1n) is 23.0. The van der Waals surface area contributed by atoms with Gasteiger partial charge in [0, 0.05) is 6.42 Å². The fourth-order valence-corrected chi connectivity index (χ4v) is 7.28. The minimum absolute atomic E-state index is 0.150. The summed E-state index contributed by atoms with van der Waals surface area (Å²) in [6.07, 6.45) is 49.0. The Kier molecular flexibility index (Phi) is 41.1. The van der Waals surface area contributed by atoms with Gasteiger partial charge in [-0.1, -0.05) is 219 Å². The van der Waals surface area contributed by atoms with Gasteiger partial charge in [-0.15, -0.1) is 0 Å². The number of unbranched alkanes of at least 4 members (excludes halogenated alkanes) is 32. The summed E-state index contributed by atoms with van der Waals surface area (Å²) in [5, 5.41) is 33.5. The molecule has 3 atom stereocenters. The van der Waals surface area contributed by atoms with Crippen molar-refractivity contribution in [3.8, 4) is 0 Å². The highest BCUT2D eigenvalue weighted by Crippen LogP contribution is 2.17. The highest BCUT2D eigenvalue weighted by molar-refractivity contribution is 5.76. The van der Waals surface area contributed by atoms with Crippen molar-refractivity contribution in [2.75, 3.05) is 6.61 Å². The van der Waals surface area contributed by atoms with E-state index < -0.39 is 18.2 Å². The van der Waals surface area contributed by atoms with E-state index in [-0.39, 0.29) is 12.5 Å². The SMILES string of the molecule is CCCCCCCCCCC/C=C/CCCC(O)C(O)C(CO)NC(=O)CCCCCCCCCCCCCCCCCCCCCCCCC. The maximum atomic E-state index is 12.4. The van der Waals surface area contributed by atoms with Gasteiger partial charge >= 0.3 is 0 Å². The number of carbonyl (C=O) groups excluding carboxylic acids is 1. The second kappa shape index (κ2) is 41.8. The van der Waals surface area contributed by atoms with Crippen molar-refractivity contribution in [1.29, 1.82) is 0 Å². The third kappa shape index (κ3) is 37.2. The maximum Gasteiger partial charge on any atom is 0.220 e. The fraction of sp³-hybridized carbons (Fsp3) is 0.935. The van der Waals surface area contributed by atoms with Crippen LogP contribution in [-0.4, -0.2) is 46.1 Å². The number of amides is 1. The van der Waals surface area contributed by atoms with Crippen molar-refractivity contribution in [3.05, 3.63) is 12.2 Å². The van der Waals surface area contributed by atoms with E-state index in [1.807, 2.05) is 0 Å². The zero-order chi connectivity index (χ0) is 37.3. The molecule has 0 aliphatic carbocycles. The molecule has 0 saturated heterocycles. The Balaban J connectivity index is 3.57. The van der Waals surface area contributed by atoms with Crippen LogP contribution in [0, 0.1) is 0 Å². The van der Waals surface area contributed by atoms with Crippen molar-refractivity contribution in [1.82, 2.24) is 5.32 Å². The van der Waals surface area contributed by atoms with E-state index in [9.17, 15) is 20.1 Å². The monoisotopic (exact) mass is 722 g/mol. The predicted octanol–water partition coefficient (Wildman–Crippen LogP) is 13.2. The topological polar surface area (TPSA) is 89.8 Å². The molecule has 0 aromatic carbocycles. The smallest absolute Gasteiger partial charge is 0.220 e. The van der Waals surface area contributed by atoms with Gasteiger partial charge in [-0.2, -0.15) is 0 Å². The minimum Gasteiger partial charge on any atom is -0.394 e. The van der Waals surface area contributed by atoms with Gasteiger partial charge in [0.15, 0.2) is 0 Å². The molecule has 3 unspecified atom stereocenters. The van der Waals surface area contributed by atoms with Crippen LogP contribution in [0.25, 0.3) is 0 Å². The lowest BCUT2D eigenvalue weighted by Gasteiger charge is -2.26. The van der Waals surface area contributed by atoms with E-state index in [2.05, 4.69) is 31.3 Å². The van der Waals surface area contributed by atoms with Gasteiger partial charge in [-0.05, 0) is 38.5 Å². The Morgan fingerprint density at radius 1 is 0.471 bits per heavy atom. The molecule has 5 heteroatoms. The standard InChI is InChI=1S/C46H91NO4/c1-3-5-7-9-11-13-15-17-19-20-21-22-23-24-25-26-27-29-31-33-35-37-39-41-45(50)47-43(42-48)46(51)44(49)40-38-36-34-32-30-28-18-16-14-12-10-8-6-4-2/h32,34,43-44,46,48-49,51H,3-31,33,35-42H2,1-2H3,(H,47,50)/b34-32+. The summed E-state index contributed by atoms with van der Waals surface area (Å²) in [6.45, 7) is 4.18. The van der Waals surface area contributed by atoms with Crippen LogP contribution < -0.4 is 5.32 Å². The largest absolute Gasteiger partial charge is 0.394 e. The second-order valence-electron chi connectivity index (χ2n) is 16.0. The Morgan fingerprint density at radius 2 is 0.784 bits per heavy atom. The molecule has 51 heavy (non-hydrogen) atoms. The van der Waals surface area contributed by atoms with Gasteiger partial charge in [-0.25, -0.2) is 0 Å².